The van der Waals surface area contributed by atoms with Gasteiger partial charge in [0.15, 0.2) is 22.5 Å². The van der Waals surface area contributed by atoms with Gasteiger partial charge in [-0.2, -0.15) is 5.10 Å². The maximum Gasteiger partial charge on any atom is 0.355 e. The molecule has 4 aliphatic carbocycles. The Morgan fingerprint density at radius 3 is 2.38 bits per heavy atom. The number of aromatic carboxylic acids is 1. The Balaban J connectivity index is 0.00000514. The van der Waals surface area contributed by atoms with Gasteiger partial charge in [0.1, 0.15) is 5.82 Å². The Labute approximate surface area is 378 Å². The molecule has 0 radical (unpaired) electrons. The van der Waals surface area contributed by atoms with E-state index in [0.29, 0.717) is 45.8 Å². The number of aromatic nitrogens is 6. The molecule has 4 bridgehead atoms. The molecule has 4 saturated carbocycles. The van der Waals surface area contributed by atoms with E-state index in [0.717, 1.165) is 83.1 Å². The molecule has 4 aromatic heterocycles. The lowest BCUT2D eigenvalue weighted by Gasteiger charge is -2.70. The predicted molar refractivity (Wildman–Crippen MR) is 234 cm³/mol. The molecule has 1 aliphatic heterocycles. The number of carboxylic acid groups (broad SMARTS) is 2. The van der Waals surface area contributed by atoms with Crippen molar-refractivity contribution in [3.63, 3.8) is 0 Å². The minimum Gasteiger partial charge on any atom is -1.00 e. The van der Waals surface area contributed by atoms with Crippen LogP contribution in [-0.4, -0.2) is 78.8 Å². The normalized spacial score (nSPS) is 25.6. The van der Waals surface area contributed by atoms with E-state index in [1.54, 1.807) is 11.3 Å². The van der Waals surface area contributed by atoms with Gasteiger partial charge in [-0.05, 0) is 124 Å². The minimum atomic E-state index is -1.08. The number of carbonyl (C=O) groups is 2. The number of nitrogens with one attached hydrogen (secondary N) is 2. The highest BCUT2D eigenvalue weighted by Crippen LogP contribution is 2.75. The molecule has 5 aliphatic rings. The fourth-order valence-corrected chi connectivity index (χ4v) is 14.0. The van der Waals surface area contributed by atoms with Gasteiger partial charge in [-0.25, -0.2) is 14.8 Å². The molecule has 0 amide bonds. The number of pyridine rings is 1. The van der Waals surface area contributed by atoms with Crippen LogP contribution in [0.1, 0.15) is 112 Å². The van der Waals surface area contributed by atoms with Crippen LogP contribution in [0.4, 0.5) is 22.6 Å². The Kier molecular flexibility index (Phi) is 11.7. The molecule has 5 aromatic rings. The topological polar surface area (TPSA) is 164 Å². The first-order valence-corrected chi connectivity index (χ1v) is 22.5. The SMILES string of the molecule is Cc1c(Nc2nc3ccccc3s2)nnc2c1CCCN2c1ccc(-c2cnn(CC34CC5(C)CC(C)(CC(CCC[NH+](C)CCCC(=O)O)(C5)C3)C4)c2C)c(C(=O)O)n1.[I-]. The summed E-state index contributed by atoms with van der Waals surface area (Å²) in [6, 6.07) is 11.8. The maximum absolute atomic E-state index is 13.0. The number of rotatable bonds is 15. The Morgan fingerprint density at radius 2 is 1.64 bits per heavy atom. The summed E-state index contributed by atoms with van der Waals surface area (Å²) in [6.07, 6.45) is 14.3. The zero-order chi connectivity index (χ0) is 42.0. The van der Waals surface area contributed by atoms with Gasteiger partial charge in [0, 0.05) is 47.5 Å². The van der Waals surface area contributed by atoms with E-state index in [2.05, 4.69) is 54.1 Å². The summed E-state index contributed by atoms with van der Waals surface area (Å²) in [5.41, 5.74) is 6.39. The van der Waals surface area contributed by atoms with Crippen molar-refractivity contribution in [1.82, 2.24) is 29.9 Å². The van der Waals surface area contributed by atoms with Gasteiger partial charge in [0.05, 0.1) is 43.0 Å². The minimum absolute atomic E-state index is 0. The van der Waals surface area contributed by atoms with E-state index in [1.807, 2.05) is 48.4 Å². The number of hydrogen-bond acceptors (Lipinski definition) is 10. The quantitative estimate of drug-likeness (QED) is 0.104. The Hall–Kier alpha value is -4.22. The third-order valence-electron chi connectivity index (χ3n) is 14.3. The van der Waals surface area contributed by atoms with Crippen LogP contribution >= 0.6 is 11.3 Å². The zero-order valence-electron chi connectivity index (χ0n) is 36.0. The summed E-state index contributed by atoms with van der Waals surface area (Å²) in [7, 11) is 2.20. The smallest absolute Gasteiger partial charge is 0.355 e. The molecular weight excluding hydrogens is 902 g/mol. The van der Waals surface area contributed by atoms with Crippen molar-refractivity contribution in [2.75, 3.05) is 36.9 Å². The number of halogens is 1. The number of carboxylic acids is 2. The molecule has 13 nitrogen and oxygen atoms in total. The highest BCUT2D eigenvalue weighted by atomic mass is 127. The lowest BCUT2D eigenvalue weighted by Crippen LogP contribution is -3.09. The van der Waals surface area contributed by atoms with E-state index in [1.165, 1.54) is 49.8 Å². The summed E-state index contributed by atoms with van der Waals surface area (Å²) in [4.78, 5) is 36.9. The monoisotopic (exact) mass is 959 g/mol. The van der Waals surface area contributed by atoms with Crippen LogP contribution in [-0.2, 0) is 17.8 Å². The van der Waals surface area contributed by atoms with Gasteiger partial charge in [-0.3, -0.25) is 9.48 Å². The van der Waals surface area contributed by atoms with Gasteiger partial charge in [0.25, 0.3) is 0 Å². The zero-order valence-corrected chi connectivity index (χ0v) is 39.0. The van der Waals surface area contributed by atoms with Crippen LogP contribution in [0.3, 0.4) is 0 Å². The first-order chi connectivity index (χ1) is 28.6. The lowest BCUT2D eigenvalue weighted by atomic mass is 9.35. The van der Waals surface area contributed by atoms with Crippen LogP contribution in [0.25, 0.3) is 21.3 Å². The summed E-state index contributed by atoms with van der Waals surface area (Å²) in [5.74, 6) is 0.117. The van der Waals surface area contributed by atoms with Crippen LogP contribution < -0.4 is 39.1 Å². The second-order valence-corrected chi connectivity index (χ2v) is 20.8. The van der Waals surface area contributed by atoms with Crippen LogP contribution in [0, 0.1) is 35.5 Å². The highest BCUT2D eigenvalue weighted by Gasteiger charge is 2.65. The average molecular weight is 960 g/mol. The number of benzene rings is 1. The molecule has 15 heteroatoms. The number of nitrogens with zero attached hydrogens (tertiary/aromatic N) is 7. The Morgan fingerprint density at radius 1 is 0.902 bits per heavy atom. The molecule has 3 atom stereocenters. The van der Waals surface area contributed by atoms with Crippen molar-refractivity contribution in [3.8, 4) is 11.1 Å². The van der Waals surface area contributed by atoms with Crippen molar-refractivity contribution >= 4 is 56.1 Å². The number of aliphatic carboxylic acids is 1. The van der Waals surface area contributed by atoms with Crippen LogP contribution in [0.5, 0.6) is 0 Å². The van der Waals surface area contributed by atoms with Crippen LogP contribution in [0.15, 0.2) is 42.6 Å². The van der Waals surface area contributed by atoms with Gasteiger partial charge in [-0.1, -0.05) is 37.3 Å². The van der Waals surface area contributed by atoms with E-state index < -0.39 is 11.9 Å². The fraction of sp³-hybridized carbons (Fsp3) is 0.543. The number of hydrogen-bond donors (Lipinski definition) is 4. The van der Waals surface area contributed by atoms with E-state index >= 15 is 0 Å². The van der Waals surface area contributed by atoms with Gasteiger partial charge in [-0.15, -0.1) is 10.2 Å². The molecule has 61 heavy (non-hydrogen) atoms. The fourth-order valence-electron chi connectivity index (χ4n) is 13.2. The molecular formula is C46H58IN9O4S. The number of quaternary nitrogens is 1. The number of fused-ring (bicyclic) bond motifs is 2. The van der Waals surface area contributed by atoms with Crippen molar-refractivity contribution < 1.29 is 48.7 Å². The molecule has 3 unspecified atom stereocenters. The molecule has 324 valence electrons. The van der Waals surface area contributed by atoms with Crippen molar-refractivity contribution in [2.45, 2.75) is 111 Å². The van der Waals surface area contributed by atoms with Gasteiger partial charge in [0.2, 0.25) is 0 Å². The summed E-state index contributed by atoms with van der Waals surface area (Å²) in [6.45, 7) is 12.6. The second kappa shape index (κ2) is 16.5. The van der Waals surface area contributed by atoms with Crippen molar-refractivity contribution in [2.24, 2.45) is 21.7 Å². The third kappa shape index (κ3) is 8.50. The number of thiazole rings is 1. The van der Waals surface area contributed by atoms with Crippen molar-refractivity contribution in [3.05, 3.63) is 65.1 Å². The first kappa shape index (κ1) is 43.4. The maximum atomic E-state index is 13.0. The molecule has 4 fully saturated rings. The number of anilines is 4. The van der Waals surface area contributed by atoms with Gasteiger partial charge >= 0.3 is 11.9 Å². The molecule has 0 saturated heterocycles. The first-order valence-electron chi connectivity index (χ1n) is 21.7. The second-order valence-electron chi connectivity index (χ2n) is 19.8. The molecule has 1 aromatic carbocycles. The van der Waals surface area contributed by atoms with E-state index in [-0.39, 0.29) is 41.5 Å². The van der Waals surface area contributed by atoms with E-state index in [4.69, 9.17) is 20.2 Å². The predicted octanol–water partition coefficient (Wildman–Crippen LogP) is 5.02. The molecule has 4 N–H and O–H groups in total. The van der Waals surface area contributed by atoms with E-state index in [9.17, 15) is 14.7 Å². The van der Waals surface area contributed by atoms with Crippen molar-refractivity contribution in [1.29, 1.82) is 0 Å². The summed E-state index contributed by atoms with van der Waals surface area (Å²) < 4.78 is 3.25. The largest absolute Gasteiger partial charge is 1.00 e. The molecule has 10 rings (SSSR count). The lowest BCUT2D eigenvalue weighted by molar-refractivity contribution is -0.880. The summed E-state index contributed by atoms with van der Waals surface area (Å²) in [5, 5.41) is 38.1. The average Bonchev–Trinajstić information content (AvgIpc) is 3.75. The highest BCUT2D eigenvalue weighted by molar-refractivity contribution is 7.22. The standard InChI is InChI=1S/C46H57N9O4S.HI/c1-29-31-11-8-20-54(40(31)52-51-39(29)50-42-48-34-12-6-7-13-35(34)60-42)36-16-15-32(38(49-36)41(58)59)33-21-47-55(30(33)2)28-46-25-43(3)22-44(4,26-46)24-45(23-43,27-46)17-10-19-53(5)18-9-14-37(56)57;/h6-7,12-13,15-16,21H,8-11,14,17-20,22-28H2,1-5H3,(H,56,57)(H,58,59)(H,48,50,51);1H. The van der Waals surface area contributed by atoms with Gasteiger partial charge < -0.3 is 49.3 Å². The number of para-hydroxylation sites is 1. The third-order valence-corrected chi connectivity index (χ3v) is 15.2. The Bertz CT molecular complexity index is 2430. The molecule has 0 spiro atoms. The molecule has 5 heterocycles. The summed E-state index contributed by atoms with van der Waals surface area (Å²) >= 11 is 1.58. The van der Waals surface area contributed by atoms with Crippen LogP contribution in [0.2, 0.25) is 0 Å².